The van der Waals surface area contributed by atoms with Crippen LogP contribution in [0.1, 0.15) is 5.56 Å². The van der Waals surface area contributed by atoms with E-state index in [1.165, 1.54) is 18.2 Å². The molecule has 1 heterocycles. The summed E-state index contributed by atoms with van der Waals surface area (Å²) in [6.07, 6.45) is 0. The second-order valence-corrected chi connectivity index (χ2v) is 5.82. The van der Waals surface area contributed by atoms with Crippen molar-refractivity contribution in [3.63, 3.8) is 0 Å². The third-order valence-corrected chi connectivity index (χ3v) is 3.95. The second kappa shape index (κ2) is 5.31. The van der Waals surface area contributed by atoms with Gasteiger partial charge in [-0.25, -0.2) is 18.7 Å². The van der Waals surface area contributed by atoms with Crippen molar-refractivity contribution in [1.29, 1.82) is 0 Å². The first-order valence-corrected chi connectivity index (χ1v) is 7.21. The van der Waals surface area contributed by atoms with Crippen LogP contribution in [0.2, 0.25) is 5.15 Å². The Morgan fingerprint density at radius 3 is 2.52 bits per heavy atom. The Balaban J connectivity index is 2.27. The molecule has 0 aliphatic carbocycles. The maximum absolute atomic E-state index is 14.0. The van der Waals surface area contributed by atoms with Crippen molar-refractivity contribution in [1.82, 2.24) is 9.97 Å². The Kier molecular flexibility index (Phi) is 3.63. The summed E-state index contributed by atoms with van der Waals surface area (Å²) in [6, 6.07) is 7.46. The minimum absolute atomic E-state index is 0.131. The minimum Gasteiger partial charge on any atom is -0.228 e. The van der Waals surface area contributed by atoms with Gasteiger partial charge in [0.2, 0.25) is 0 Å². The largest absolute Gasteiger partial charge is 0.228 e. The van der Waals surface area contributed by atoms with Crippen LogP contribution in [0, 0.1) is 18.6 Å². The molecule has 3 rings (SSSR count). The van der Waals surface area contributed by atoms with Crippen LogP contribution < -0.4 is 0 Å². The molecule has 0 aliphatic heterocycles. The molecule has 0 bridgehead atoms. The molecule has 3 aromatic rings. The lowest BCUT2D eigenvalue weighted by Crippen LogP contribution is -1.95. The lowest BCUT2D eigenvalue weighted by molar-refractivity contribution is 0.622. The van der Waals surface area contributed by atoms with Gasteiger partial charge >= 0.3 is 0 Å². The van der Waals surface area contributed by atoms with Crippen LogP contribution in [-0.4, -0.2) is 9.97 Å². The number of benzene rings is 2. The zero-order valence-corrected chi connectivity index (χ0v) is 13.1. The lowest BCUT2D eigenvalue weighted by Gasteiger charge is -2.07. The molecule has 0 radical (unpaired) electrons. The van der Waals surface area contributed by atoms with Crippen molar-refractivity contribution in [2.75, 3.05) is 0 Å². The standard InChI is InChI=1S/C15H8BrClF2N2/c1-7-2-3-8(11(18)4-7)15-20-13-6-12(19)10(16)5-9(13)14(17)21-15/h2-6H,1H3. The van der Waals surface area contributed by atoms with Gasteiger partial charge in [-0.05, 0) is 46.6 Å². The second-order valence-electron chi connectivity index (χ2n) is 4.60. The van der Waals surface area contributed by atoms with Gasteiger partial charge < -0.3 is 0 Å². The maximum atomic E-state index is 14.0. The predicted molar refractivity (Wildman–Crippen MR) is 82.3 cm³/mol. The smallest absolute Gasteiger partial charge is 0.164 e. The van der Waals surface area contributed by atoms with E-state index in [0.29, 0.717) is 10.9 Å². The first-order chi connectivity index (χ1) is 9.95. The molecule has 0 saturated carbocycles. The number of hydrogen-bond donors (Lipinski definition) is 0. The van der Waals surface area contributed by atoms with E-state index in [9.17, 15) is 8.78 Å². The van der Waals surface area contributed by atoms with Crippen LogP contribution >= 0.6 is 27.5 Å². The number of aromatic nitrogens is 2. The van der Waals surface area contributed by atoms with Gasteiger partial charge in [0.05, 0.1) is 15.6 Å². The summed E-state index contributed by atoms with van der Waals surface area (Å²) < 4.78 is 27.9. The normalized spacial score (nSPS) is 11.1. The molecule has 0 spiro atoms. The molecule has 0 saturated heterocycles. The number of nitrogens with zero attached hydrogens (tertiary/aromatic N) is 2. The Hall–Kier alpha value is -1.59. The van der Waals surface area contributed by atoms with E-state index in [-0.39, 0.29) is 21.0 Å². The predicted octanol–water partition coefficient (Wildman–Crippen LogP) is 5.30. The number of rotatable bonds is 1. The SMILES string of the molecule is Cc1ccc(-c2nc(Cl)c3cc(Br)c(F)cc3n2)c(F)c1. The van der Waals surface area contributed by atoms with E-state index in [1.807, 2.05) is 0 Å². The summed E-state index contributed by atoms with van der Waals surface area (Å²) in [4.78, 5) is 8.31. The van der Waals surface area contributed by atoms with E-state index in [0.717, 1.165) is 5.56 Å². The molecule has 0 amide bonds. The average molecular weight is 370 g/mol. The Morgan fingerprint density at radius 1 is 1.05 bits per heavy atom. The highest BCUT2D eigenvalue weighted by atomic mass is 79.9. The fourth-order valence-electron chi connectivity index (χ4n) is 2.01. The molecule has 0 aliphatic rings. The van der Waals surface area contributed by atoms with Crippen LogP contribution in [0.5, 0.6) is 0 Å². The summed E-state index contributed by atoms with van der Waals surface area (Å²) in [6.45, 7) is 1.79. The molecule has 1 aromatic heterocycles. The van der Waals surface area contributed by atoms with Gasteiger partial charge in [-0.1, -0.05) is 17.7 Å². The number of halogens is 4. The van der Waals surface area contributed by atoms with Gasteiger partial charge in [-0.2, -0.15) is 0 Å². The van der Waals surface area contributed by atoms with E-state index in [1.54, 1.807) is 19.1 Å². The molecule has 2 aromatic carbocycles. The third kappa shape index (κ3) is 2.63. The van der Waals surface area contributed by atoms with Gasteiger partial charge in [-0.15, -0.1) is 0 Å². The molecule has 106 valence electrons. The van der Waals surface area contributed by atoms with E-state index in [2.05, 4.69) is 25.9 Å². The van der Waals surface area contributed by atoms with Crippen LogP contribution in [0.3, 0.4) is 0 Å². The van der Waals surface area contributed by atoms with Crippen LogP contribution in [0.4, 0.5) is 8.78 Å². The molecule has 2 nitrogen and oxygen atoms in total. The van der Waals surface area contributed by atoms with Gasteiger partial charge in [0.15, 0.2) is 5.82 Å². The zero-order chi connectivity index (χ0) is 15.1. The van der Waals surface area contributed by atoms with Crippen molar-refractivity contribution in [3.8, 4) is 11.4 Å². The summed E-state index contributed by atoms with van der Waals surface area (Å²) in [5.41, 5.74) is 1.34. The summed E-state index contributed by atoms with van der Waals surface area (Å²) in [7, 11) is 0. The first kappa shape index (κ1) is 14.4. The fraction of sp³-hybridized carbons (Fsp3) is 0.0667. The molecular weight excluding hydrogens is 362 g/mol. The third-order valence-electron chi connectivity index (χ3n) is 3.06. The summed E-state index contributed by atoms with van der Waals surface area (Å²) in [5.74, 6) is -0.776. The van der Waals surface area contributed by atoms with Crippen molar-refractivity contribution in [2.45, 2.75) is 6.92 Å². The Bertz CT molecular complexity index is 868. The molecule has 6 heteroatoms. The number of fused-ring (bicyclic) bond motifs is 1. The minimum atomic E-state index is -0.465. The topological polar surface area (TPSA) is 25.8 Å². The Labute approximate surface area is 132 Å². The van der Waals surface area contributed by atoms with E-state index in [4.69, 9.17) is 11.6 Å². The van der Waals surface area contributed by atoms with Crippen LogP contribution in [0.15, 0.2) is 34.8 Å². The van der Waals surface area contributed by atoms with Gasteiger partial charge in [-0.3, -0.25) is 0 Å². The van der Waals surface area contributed by atoms with Crippen LogP contribution in [-0.2, 0) is 0 Å². The molecule has 0 unspecified atom stereocenters. The van der Waals surface area contributed by atoms with Gasteiger partial charge in [0.25, 0.3) is 0 Å². The summed E-state index contributed by atoms with van der Waals surface area (Å²) in [5, 5.41) is 0.650. The summed E-state index contributed by atoms with van der Waals surface area (Å²) >= 11 is 9.19. The molecular formula is C15H8BrClF2N2. The monoisotopic (exact) mass is 368 g/mol. The number of hydrogen-bond acceptors (Lipinski definition) is 2. The van der Waals surface area contributed by atoms with Gasteiger partial charge in [0.1, 0.15) is 16.8 Å². The average Bonchev–Trinajstić information content (AvgIpc) is 2.41. The quantitative estimate of drug-likeness (QED) is 0.544. The van der Waals surface area contributed by atoms with E-state index < -0.39 is 11.6 Å². The van der Waals surface area contributed by atoms with E-state index >= 15 is 0 Å². The highest BCUT2D eigenvalue weighted by Crippen LogP contribution is 2.30. The first-order valence-electron chi connectivity index (χ1n) is 6.04. The van der Waals surface area contributed by atoms with Crippen molar-refractivity contribution >= 4 is 38.4 Å². The molecule has 21 heavy (non-hydrogen) atoms. The molecule has 0 N–H and O–H groups in total. The van der Waals surface area contributed by atoms with Crippen molar-refractivity contribution < 1.29 is 8.78 Å². The highest BCUT2D eigenvalue weighted by molar-refractivity contribution is 9.10. The Morgan fingerprint density at radius 2 is 1.81 bits per heavy atom. The maximum Gasteiger partial charge on any atom is 0.164 e. The molecule has 0 atom stereocenters. The fourth-order valence-corrected chi connectivity index (χ4v) is 2.58. The number of aryl methyl sites for hydroxylation is 1. The van der Waals surface area contributed by atoms with Crippen LogP contribution in [0.25, 0.3) is 22.3 Å². The van der Waals surface area contributed by atoms with Gasteiger partial charge in [0, 0.05) is 11.5 Å². The lowest BCUT2D eigenvalue weighted by atomic mass is 10.1. The van der Waals surface area contributed by atoms with Crippen molar-refractivity contribution in [2.24, 2.45) is 0 Å². The zero-order valence-electron chi connectivity index (χ0n) is 10.8. The van der Waals surface area contributed by atoms with Crippen molar-refractivity contribution in [3.05, 3.63) is 57.2 Å². The highest BCUT2D eigenvalue weighted by Gasteiger charge is 2.13. The molecule has 0 fully saturated rings.